The number of nitrogens with zero attached hydrogens (tertiary/aromatic N) is 2. The maximum Gasteiger partial charge on any atom is 0.241 e. The van der Waals surface area contributed by atoms with Crippen LogP contribution < -0.4 is 0 Å². The molecule has 0 unspecified atom stereocenters. The number of carbonyl (C=O) groups is 2. The maximum atomic E-state index is 13.1. The van der Waals surface area contributed by atoms with Crippen LogP contribution in [-0.4, -0.2) is 33.4 Å². The fourth-order valence-corrected chi connectivity index (χ4v) is 4.85. The molecule has 0 saturated carbocycles. The Morgan fingerprint density at radius 2 is 1.96 bits per heavy atom. The number of aromatic nitrogens is 1. The molecule has 0 aliphatic carbocycles. The zero-order chi connectivity index (χ0) is 19.0. The molecule has 4 nitrogen and oxygen atoms in total. The molecule has 1 amide bonds. The van der Waals surface area contributed by atoms with Gasteiger partial charge in [0.05, 0.1) is 27.0 Å². The van der Waals surface area contributed by atoms with Crippen LogP contribution in [0.5, 0.6) is 0 Å². The molecular formula is C20H15FN2O2S2. The minimum Gasteiger partial charge on any atom is -0.298 e. The van der Waals surface area contributed by atoms with Crippen LogP contribution in [0, 0.1) is 5.82 Å². The lowest BCUT2D eigenvalue weighted by molar-refractivity contribution is -0.126. The lowest BCUT2D eigenvalue weighted by Crippen LogP contribution is -2.32. The van der Waals surface area contributed by atoms with Crippen molar-refractivity contribution in [2.45, 2.75) is 12.2 Å². The summed E-state index contributed by atoms with van der Waals surface area (Å²) in [4.78, 5) is 31.1. The number of amides is 1. The molecule has 1 aliphatic rings. The number of rotatable bonds is 4. The molecule has 3 aromatic rings. The highest BCUT2D eigenvalue weighted by Crippen LogP contribution is 2.37. The van der Waals surface area contributed by atoms with Gasteiger partial charge in [-0.15, -0.1) is 11.3 Å². The van der Waals surface area contributed by atoms with Gasteiger partial charge in [0.2, 0.25) is 5.91 Å². The second-order valence-corrected chi connectivity index (χ2v) is 8.54. The summed E-state index contributed by atoms with van der Waals surface area (Å²) in [5.41, 5.74) is 1.29. The van der Waals surface area contributed by atoms with E-state index in [1.165, 1.54) is 40.9 Å². The normalized spacial score (nSPS) is 18.6. The molecule has 1 fully saturated rings. The molecule has 2 heterocycles. The van der Waals surface area contributed by atoms with Crippen LogP contribution in [0.25, 0.3) is 16.3 Å². The van der Waals surface area contributed by atoms with Gasteiger partial charge < -0.3 is 0 Å². The van der Waals surface area contributed by atoms with Crippen molar-refractivity contribution < 1.29 is 14.0 Å². The molecular weight excluding hydrogens is 383 g/mol. The van der Waals surface area contributed by atoms with E-state index >= 15 is 0 Å². The van der Waals surface area contributed by atoms with Crippen LogP contribution in [0.15, 0.2) is 53.6 Å². The zero-order valence-corrected chi connectivity index (χ0v) is 16.0. The van der Waals surface area contributed by atoms with Crippen molar-refractivity contribution in [2.75, 3.05) is 6.54 Å². The molecule has 0 bridgehead atoms. The van der Waals surface area contributed by atoms with Crippen molar-refractivity contribution in [2.24, 2.45) is 0 Å². The summed E-state index contributed by atoms with van der Waals surface area (Å²) in [6, 6.07) is 13.2. The van der Waals surface area contributed by atoms with Gasteiger partial charge in [-0.05, 0) is 43.3 Å². The van der Waals surface area contributed by atoms with E-state index in [0.29, 0.717) is 10.6 Å². The number of hydrogen-bond acceptors (Lipinski definition) is 5. The van der Waals surface area contributed by atoms with E-state index in [4.69, 9.17) is 0 Å². The number of benzene rings is 2. The van der Waals surface area contributed by atoms with Crippen LogP contribution >= 0.6 is 23.1 Å². The molecule has 4 rings (SSSR count). The van der Waals surface area contributed by atoms with Gasteiger partial charge in [0.25, 0.3) is 0 Å². The van der Waals surface area contributed by atoms with E-state index in [2.05, 4.69) is 4.98 Å². The van der Waals surface area contributed by atoms with Crippen molar-refractivity contribution in [3.05, 3.63) is 69.9 Å². The van der Waals surface area contributed by atoms with Crippen molar-refractivity contribution in [1.29, 1.82) is 0 Å². The Labute approximate surface area is 163 Å². The van der Waals surface area contributed by atoms with Gasteiger partial charge in [-0.1, -0.05) is 23.9 Å². The Kier molecular flexibility index (Phi) is 4.80. The number of fused-ring (bicyclic) bond motifs is 1. The molecule has 0 N–H and O–H groups in total. The average molecular weight is 398 g/mol. The van der Waals surface area contributed by atoms with Crippen LogP contribution in [0.2, 0.25) is 0 Å². The Morgan fingerprint density at radius 3 is 2.70 bits per heavy atom. The van der Waals surface area contributed by atoms with Gasteiger partial charge in [0.15, 0.2) is 5.78 Å². The number of ketones is 1. The van der Waals surface area contributed by atoms with Crippen molar-refractivity contribution in [3.8, 4) is 0 Å². The topological polar surface area (TPSA) is 50.3 Å². The molecule has 2 aromatic carbocycles. The van der Waals surface area contributed by atoms with Gasteiger partial charge in [-0.2, -0.15) is 0 Å². The first kappa shape index (κ1) is 17.9. The van der Waals surface area contributed by atoms with Crippen molar-refractivity contribution >= 4 is 51.1 Å². The lowest BCUT2D eigenvalue weighted by atomic mass is 10.1. The number of hydrogen-bond donors (Lipinski definition) is 0. The summed E-state index contributed by atoms with van der Waals surface area (Å²) in [5.74, 6) is -0.736. The summed E-state index contributed by atoms with van der Waals surface area (Å²) >= 11 is 2.96. The van der Waals surface area contributed by atoms with Gasteiger partial charge in [0.1, 0.15) is 10.8 Å². The average Bonchev–Trinajstić information content (AvgIpc) is 3.18. The number of thioether (sulfide) groups is 1. The summed E-state index contributed by atoms with van der Waals surface area (Å²) in [6.45, 7) is 1.75. The summed E-state index contributed by atoms with van der Waals surface area (Å²) < 4.78 is 14.1. The molecule has 0 spiro atoms. The second kappa shape index (κ2) is 7.25. The third-order valence-corrected chi connectivity index (χ3v) is 6.32. The highest BCUT2D eigenvalue weighted by Gasteiger charge is 2.35. The number of thiazole rings is 1. The van der Waals surface area contributed by atoms with E-state index < -0.39 is 5.82 Å². The third-order valence-electron chi connectivity index (χ3n) is 4.20. The third kappa shape index (κ3) is 3.65. The molecule has 1 aromatic heterocycles. The number of Topliss-reactive ketones (excluding diaryl/α,β-unsaturated/α-hetero) is 1. The Bertz CT molecular complexity index is 1030. The second-order valence-electron chi connectivity index (χ2n) is 6.12. The standard InChI is InChI=1S/C20H15FN2O2S2/c1-12-20(25)23(11-16(24)13-6-8-14(21)9-7-13)19(26-12)10-18-22-15-4-2-3-5-17(15)27-18/h2-10,12H,11H2,1H3/b19-10-/t12-/m0/s1. The highest BCUT2D eigenvalue weighted by atomic mass is 32.2. The van der Waals surface area contributed by atoms with E-state index in [9.17, 15) is 14.0 Å². The van der Waals surface area contributed by atoms with E-state index in [1.807, 2.05) is 37.3 Å². The molecule has 1 aliphatic heterocycles. The number of carbonyl (C=O) groups excluding carboxylic acids is 2. The molecule has 0 radical (unpaired) electrons. The van der Waals surface area contributed by atoms with Crippen LogP contribution in [-0.2, 0) is 4.79 Å². The fourth-order valence-electron chi connectivity index (χ4n) is 2.82. The molecule has 7 heteroatoms. The SMILES string of the molecule is C[C@@H]1S/C(=C\c2nc3ccccc3s2)N(CC(=O)c2ccc(F)cc2)C1=O. The first-order valence-corrected chi connectivity index (χ1v) is 10.0. The van der Waals surface area contributed by atoms with E-state index in [0.717, 1.165) is 15.2 Å². The van der Waals surface area contributed by atoms with Crippen LogP contribution in [0.1, 0.15) is 22.3 Å². The fraction of sp³-hybridized carbons (Fsp3) is 0.150. The van der Waals surface area contributed by atoms with Gasteiger partial charge in [-0.3, -0.25) is 14.5 Å². The van der Waals surface area contributed by atoms with Crippen LogP contribution in [0.4, 0.5) is 4.39 Å². The van der Waals surface area contributed by atoms with E-state index in [-0.39, 0.29) is 23.5 Å². The van der Waals surface area contributed by atoms with Gasteiger partial charge in [-0.25, -0.2) is 9.37 Å². The Morgan fingerprint density at radius 1 is 1.22 bits per heavy atom. The van der Waals surface area contributed by atoms with Gasteiger partial charge >= 0.3 is 0 Å². The monoisotopic (exact) mass is 398 g/mol. The highest BCUT2D eigenvalue weighted by molar-refractivity contribution is 8.04. The summed E-state index contributed by atoms with van der Waals surface area (Å²) in [6.07, 6.45) is 1.86. The number of halogens is 1. The van der Waals surface area contributed by atoms with E-state index in [1.54, 1.807) is 11.3 Å². The van der Waals surface area contributed by atoms with Gasteiger partial charge in [0, 0.05) is 11.6 Å². The largest absolute Gasteiger partial charge is 0.298 e. The maximum absolute atomic E-state index is 13.1. The first-order valence-electron chi connectivity index (χ1n) is 8.35. The minimum absolute atomic E-state index is 0.0709. The lowest BCUT2D eigenvalue weighted by Gasteiger charge is -2.16. The van der Waals surface area contributed by atoms with Crippen LogP contribution in [0.3, 0.4) is 0 Å². The van der Waals surface area contributed by atoms with Crippen molar-refractivity contribution in [1.82, 2.24) is 9.88 Å². The Hall–Kier alpha value is -2.51. The molecule has 1 saturated heterocycles. The molecule has 1 atom stereocenters. The Balaban J connectivity index is 1.61. The smallest absolute Gasteiger partial charge is 0.241 e. The zero-order valence-electron chi connectivity index (χ0n) is 14.4. The predicted octanol–water partition coefficient (Wildman–Crippen LogP) is 4.58. The minimum atomic E-state index is -0.399. The number of para-hydroxylation sites is 1. The summed E-state index contributed by atoms with van der Waals surface area (Å²) in [5, 5.41) is 1.24. The summed E-state index contributed by atoms with van der Waals surface area (Å²) in [7, 11) is 0. The molecule has 27 heavy (non-hydrogen) atoms. The first-order chi connectivity index (χ1) is 13.0. The molecule has 136 valence electrons. The predicted molar refractivity (Wildman–Crippen MR) is 107 cm³/mol. The van der Waals surface area contributed by atoms with Crippen molar-refractivity contribution in [3.63, 3.8) is 0 Å². The quantitative estimate of drug-likeness (QED) is 0.604.